The lowest BCUT2D eigenvalue weighted by Gasteiger charge is -2.32. The van der Waals surface area contributed by atoms with Crippen LogP contribution in [0.5, 0.6) is 0 Å². The van der Waals surface area contributed by atoms with Gasteiger partial charge in [-0.05, 0) is 53.7 Å². The minimum atomic E-state index is -0.194. The van der Waals surface area contributed by atoms with E-state index in [1.807, 2.05) is 30.6 Å². The molecule has 1 N–H and O–H groups in total. The van der Waals surface area contributed by atoms with E-state index in [9.17, 15) is 4.39 Å². The Morgan fingerprint density at radius 1 is 1.08 bits per heavy atom. The molecule has 0 spiro atoms. The van der Waals surface area contributed by atoms with Crippen molar-refractivity contribution in [2.45, 2.75) is 25.0 Å². The summed E-state index contributed by atoms with van der Waals surface area (Å²) in [6.45, 7) is 2.35. The average Bonchev–Trinajstić information content (AvgIpc) is 2.67. The number of halogens is 1. The fourth-order valence-electron chi connectivity index (χ4n) is 3.52. The summed E-state index contributed by atoms with van der Waals surface area (Å²) in [6, 6.07) is 15.2. The van der Waals surface area contributed by atoms with Gasteiger partial charge < -0.3 is 10.1 Å². The molecule has 4 heteroatoms. The molecular formula is C21H21FN2O. The van der Waals surface area contributed by atoms with Gasteiger partial charge in [0.15, 0.2) is 0 Å². The second kappa shape index (κ2) is 7.30. The SMILES string of the molecule is Fc1ccc(C2CCNCC2OCc2ccc3cnccc3c2)cc1. The maximum absolute atomic E-state index is 13.2. The first-order chi connectivity index (χ1) is 12.3. The van der Waals surface area contributed by atoms with Crippen LogP contribution in [-0.4, -0.2) is 24.2 Å². The molecule has 0 saturated carbocycles. The molecule has 2 atom stereocenters. The zero-order valence-corrected chi connectivity index (χ0v) is 14.0. The van der Waals surface area contributed by atoms with E-state index in [1.54, 1.807) is 0 Å². The number of piperidine rings is 1. The molecule has 0 radical (unpaired) electrons. The molecule has 2 aromatic carbocycles. The molecule has 2 unspecified atom stereocenters. The molecule has 128 valence electrons. The normalized spacial score (nSPS) is 20.7. The third-order valence-corrected chi connectivity index (χ3v) is 4.89. The van der Waals surface area contributed by atoms with Crippen LogP contribution in [0.1, 0.15) is 23.5 Å². The van der Waals surface area contributed by atoms with Gasteiger partial charge in [0.25, 0.3) is 0 Å². The van der Waals surface area contributed by atoms with E-state index < -0.39 is 0 Å². The summed E-state index contributed by atoms with van der Waals surface area (Å²) in [5.74, 6) is 0.104. The Labute approximate surface area is 146 Å². The van der Waals surface area contributed by atoms with Crippen LogP contribution in [0.25, 0.3) is 10.8 Å². The van der Waals surface area contributed by atoms with E-state index in [2.05, 4.69) is 28.5 Å². The van der Waals surface area contributed by atoms with Crippen molar-refractivity contribution in [3.8, 4) is 0 Å². The van der Waals surface area contributed by atoms with Gasteiger partial charge in [-0.15, -0.1) is 0 Å². The number of hydrogen-bond acceptors (Lipinski definition) is 3. The molecule has 0 bridgehead atoms. The molecule has 4 rings (SSSR count). The maximum Gasteiger partial charge on any atom is 0.123 e. The molecule has 1 aliphatic heterocycles. The average molecular weight is 336 g/mol. The van der Waals surface area contributed by atoms with Gasteiger partial charge in [-0.3, -0.25) is 4.98 Å². The van der Waals surface area contributed by atoms with Crippen LogP contribution in [0, 0.1) is 5.82 Å². The summed E-state index contributed by atoms with van der Waals surface area (Å²) in [5, 5.41) is 5.71. The lowest BCUT2D eigenvalue weighted by molar-refractivity contribution is 0.0106. The van der Waals surface area contributed by atoms with Crippen LogP contribution in [0.2, 0.25) is 0 Å². The van der Waals surface area contributed by atoms with Crippen molar-refractivity contribution in [2.24, 2.45) is 0 Å². The Balaban J connectivity index is 1.48. The molecule has 0 aliphatic carbocycles. The second-order valence-electron chi connectivity index (χ2n) is 6.56. The van der Waals surface area contributed by atoms with Crippen molar-refractivity contribution in [2.75, 3.05) is 13.1 Å². The fraction of sp³-hybridized carbons (Fsp3) is 0.286. The Kier molecular flexibility index (Phi) is 4.72. The van der Waals surface area contributed by atoms with Crippen molar-refractivity contribution in [1.82, 2.24) is 10.3 Å². The molecule has 3 aromatic rings. The third-order valence-electron chi connectivity index (χ3n) is 4.89. The smallest absolute Gasteiger partial charge is 0.123 e. The molecule has 2 heterocycles. The molecule has 1 aliphatic rings. The zero-order chi connectivity index (χ0) is 17.1. The first kappa shape index (κ1) is 16.2. The molecule has 1 saturated heterocycles. The van der Waals surface area contributed by atoms with Gasteiger partial charge in [-0.25, -0.2) is 4.39 Å². The summed E-state index contributed by atoms with van der Waals surface area (Å²) in [6.07, 6.45) is 4.77. The van der Waals surface area contributed by atoms with Crippen molar-refractivity contribution in [1.29, 1.82) is 0 Å². The summed E-state index contributed by atoms with van der Waals surface area (Å²) in [7, 11) is 0. The van der Waals surface area contributed by atoms with E-state index in [4.69, 9.17) is 4.74 Å². The molecule has 25 heavy (non-hydrogen) atoms. The minimum Gasteiger partial charge on any atom is -0.372 e. The quantitative estimate of drug-likeness (QED) is 0.781. The molecule has 1 fully saturated rings. The number of rotatable bonds is 4. The summed E-state index contributed by atoms with van der Waals surface area (Å²) >= 11 is 0. The number of fused-ring (bicyclic) bond motifs is 1. The lowest BCUT2D eigenvalue weighted by atomic mass is 9.88. The van der Waals surface area contributed by atoms with Crippen LogP contribution in [0.4, 0.5) is 4.39 Å². The predicted molar refractivity (Wildman–Crippen MR) is 96.9 cm³/mol. The first-order valence-electron chi connectivity index (χ1n) is 8.70. The van der Waals surface area contributed by atoms with Crippen molar-refractivity contribution < 1.29 is 9.13 Å². The van der Waals surface area contributed by atoms with Crippen LogP contribution < -0.4 is 5.32 Å². The number of nitrogens with zero attached hydrogens (tertiary/aromatic N) is 1. The number of nitrogens with one attached hydrogen (secondary N) is 1. The number of ether oxygens (including phenoxy) is 1. The Morgan fingerprint density at radius 3 is 2.84 bits per heavy atom. The Bertz CT molecular complexity index is 850. The predicted octanol–water partition coefficient (Wildman–Crippen LogP) is 4.04. The van der Waals surface area contributed by atoms with E-state index in [0.29, 0.717) is 12.5 Å². The standard InChI is InChI=1S/C21H21FN2O/c22-19-5-3-16(4-6-19)20-8-10-24-13-21(20)25-14-15-1-2-18-12-23-9-7-17(18)11-15/h1-7,9,11-12,20-21,24H,8,10,13-14H2. The van der Waals surface area contributed by atoms with E-state index >= 15 is 0 Å². The van der Waals surface area contributed by atoms with Gasteiger partial charge in [-0.1, -0.05) is 24.3 Å². The molecule has 1 aromatic heterocycles. The lowest BCUT2D eigenvalue weighted by Crippen LogP contribution is -2.40. The third kappa shape index (κ3) is 3.70. The van der Waals surface area contributed by atoms with Crippen LogP contribution >= 0.6 is 0 Å². The molecule has 0 amide bonds. The Hall–Kier alpha value is -2.30. The summed E-state index contributed by atoms with van der Waals surface area (Å²) in [5.41, 5.74) is 2.31. The van der Waals surface area contributed by atoms with Gasteiger partial charge in [0.05, 0.1) is 12.7 Å². The number of aromatic nitrogens is 1. The summed E-state index contributed by atoms with van der Waals surface area (Å²) in [4.78, 5) is 4.15. The van der Waals surface area contributed by atoms with Gasteiger partial charge in [0, 0.05) is 30.2 Å². The molecular weight excluding hydrogens is 315 g/mol. The van der Waals surface area contributed by atoms with Gasteiger partial charge >= 0.3 is 0 Å². The van der Waals surface area contributed by atoms with Gasteiger partial charge in [0.1, 0.15) is 5.82 Å². The molecule has 3 nitrogen and oxygen atoms in total. The van der Waals surface area contributed by atoms with Crippen molar-refractivity contribution in [3.05, 3.63) is 77.9 Å². The first-order valence-corrected chi connectivity index (χ1v) is 8.70. The number of hydrogen-bond donors (Lipinski definition) is 1. The number of benzene rings is 2. The van der Waals surface area contributed by atoms with E-state index in [0.717, 1.165) is 36.0 Å². The van der Waals surface area contributed by atoms with Gasteiger partial charge in [0.2, 0.25) is 0 Å². The highest BCUT2D eigenvalue weighted by molar-refractivity contribution is 5.81. The minimum absolute atomic E-state index is 0.0901. The van der Waals surface area contributed by atoms with Crippen molar-refractivity contribution >= 4 is 10.8 Å². The number of pyridine rings is 1. The van der Waals surface area contributed by atoms with Crippen molar-refractivity contribution in [3.63, 3.8) is 0 Å². The second-order valence-corrected chi connectivity index (χ2v) is 6.56. The topological polar surface area (TPSA) is 34.1 Å². The van der Waals surface area contributed by atoms with Gasteiger partial charge in [-0.2, -0.15) is 0 Å². The maximum atomic E-state index is 13.2. The Morgan fingerprint density at radius 2 is 1.96 bits per heavy atom. The highest BCUT2D eigenvalue weighted by atomic mass is 19.1. The van der Waals surface area contributed by atoms with E-state index in [1.165, 1.54) is 17.5 Å². The fourth-order valence-corrected chi connectivity index (χ4v) is 3.52. The van der Waals surface area contributed by atoms with E-state index in [-0.39, 0.29) is 11.9 Å². The highest BCUT2D eigenvalue weighted by Gasteiger charge is 2.27. The van der Waals surface area contributed by atoms with Crippen LogP contribution in [0.15, 0.2) is 60.9 Å². The summed E-state index contributed by atoms with van der Waals surface area (Å²) < 4.78 is 19.4. The highest BCUT2D eigenvalue weighted by Crippen LogP contribution is 2.28. The largest absolute Gasteiger partial charge is 0.372 e. The van der Waals surface area contributed by atoms with Crippen LogP contribution in [0.3, 0.4) is 0 Å². The monoisotopic (exact) mass is 336 g/mol. The zero-order valence-electron chi connectivity index (χ0n) is 14.0. The van der Waals surface area contributed by atoms with Crippen LogP contribution in [-0.2, 0) is 11.3 Å².